The number of carbonyl (C=O) groups is 2. The molecule has 3 aromatic rings. The van der Waals surface area contributed by atoms with E-state index in [2.05, 4.69) is 0 Å². The first-order chi connectivity index (χ1) is 19.9. The number of carbonyl (C=O) groups excluding carboxylic acids is 2. The third-order valence-electron chi connectivity index (χ3n) is 7.52. The van der Waals surface area contributed by atoms with Gasteiger partial charge in [-0.2, -0.15) is 0 Å². The molecule has 5 atom stereocenters. The third kappa shape index (κ3) is 6.64. The van der Waals surface area contributed by atoms with Crippen molar-refractivity contribution in [1.82, 2.24) is 4.90 Å². The van der Waals surface area contributed by atoms with E-state index in [1.54, 1.807) is 13.8 Å². The molecule has 2 amide bonds. The summed E-state index contributed by atoms with van der Waals surface area (Å²) in [6, 6.07) is 27.7. The van der Waals surface area contributed by atoms with Gasteiger partial charge < -0.3 is 24.1 Å². The maximum atomic E-state index is 13.4. The van der Waals surface area contributed by atoms with Gasteiger partial charge in [-0.3, -0.25) is 14.5 Å². The van der Waals surface area contributed by atoms with Crippen LogP contribution in [0.25, 0.3) is 0 Å². The molecule has 0 radical (unpaired) electrons. The summed E-state index contributed by atoms with van der Waals surface area (Å²) in [7, 11) is 0. The molecule has 8 nitrogen and oxygen atoms in total. The van der Waals surface area contributed by atoms with Gasteiger partial charge in [-0.05, 0) is 30.5 Å². The van der Waals surface area contributed by atoms with Crippen LogP contribution in [0.15, 0.2) is 102 Å². The van der Waals surface area contributed by atoms with Crippen LogP contribution in [0.4, 0.5) is 0 Å². The second-order valence-electron chi connectivity index (χ2n) is 10.3. The molecule has 2 aliphatic rings. The zero-order valence-corrected chi connectivity index (χ0v) is 23.2. The normalized spacial score (nSPS) is 24.8. The SMILES string of the molecule is CC1=C(C)C(=O)N([C@H]2[C@H](OCc3ccccc3)O[C@H](COCc3ccccc3)[C@@H](O)[C@@H]2OCc2ccccc2)C1=O. The molecule has 1 fully saturated rings. The van der Waals surface area contributed by atoms with Gasteiger partial charge in [-0.15, -0.1) is 0 Å². The van der Waals surface area contributed by atoms with Gasteiger partial charge in [0.15, 0.2) is 6.29 Å². The number of hydrogen-bond donors (Lipinski definition) is 1. The van der Waals surface area contributed by atoms with Crippen LogP contribution in [0.3, 0.4) is 0 Å². The van der Waals surface area contributed by atoms with Crippen LogP contribution >= 0.6 is 0 Å². The number of amides is 2. The van der Waals surface area contributed by atoms with Gasteiger partial charge >= 0.3 is 0 Å². The molecule has 3 aromatic carbocycles. The van der Waals surface area contributed by atoms with Crippen LogP contribution in [0.1, 0.15) is 30.5 Å². The van der Waals surface area contributed by atoms with Crippen molar-refractivity contribution in [2.24, 2.45) is 0 Å². The first kappa shape index (κ1) is 28.9. The number of aliphatic hydroxyl groups is 1. The molecule has 5 rings (SSSR count). The number of hydrogen-bond acceptors (Lipinski definition) is 7. The number of aliphatic hydroxyl groups excluding tert-OH is 1. The third-order valence-corrected chi connectivity index (χ3v) is 7.52. The second kappa shape index (κ2) is 13.3. The molecule has 41 heavy (non-hydrogen) atoms. The molecule has 1 N–H and O–H groups in total. The Morgan fingerprint density at radius 3 is 1.68 bits per heavy atom. The van der Waals surface area contributed by atoms with Crippen molar-refractivity contribution in [3.63, 3.8) is 0 Å². The number of ether oxygens (including phenoxy) is 4. The lowest BCUT2D eigenvalue weighted by Gasteiger charge is -2.47. The Hall–Kier alpha value is -3.66. The number of benzene rings is 3. The molecule has 0 aliphatic carbocycles. The van der Waals surface area contributed by atoms with Gasteiger partial charge in [0.05, 0.1) is 26.4 Å². The highest BCUT2D eigenvalue weighted by atomic mass is 16.7. The van der Waals surface area contributed by atoms with E-state index in [1.165, 1.54) is 0 Å². The second-order valence-corrected chi connectivity index (χ2v) is 10.3. The van der Waals surface area contributed by atoms with Crippen LogP contribution in [0.5, 0.6) is 0 Å². The Bertz CT molecular complexity index is 1320. The molecule has 2 aliphatic heterocycles. The topological polar surface area (TPSA) is 94.5 Å². The van der Waals surface area contributed by atoms with Crippen molar-refractivity contribution in [1.29, 1.82) is 0 Å². The first-order valence-corrected chi connectivity index (χ1v) is 13.8. The predicted molar refractivity (Wildman–Crippen MR) is 151 cm³/mol. The van der Waals surface area contributed by atoms with E-state index < -0.39 is 42.5 Å². The summed E-state index contributed by atoms with van der Waals surface area (Å²) in [5, 5.41) is 11.6. The predicted octanol–water partition coefficient (Wildman–Crippen LogP) is 4.17. The van der Waals surface area contributed by atoms with Gasteiger partial charge in [0.2, 0.25) is 0 Å². The Balaban J connectivity index is 1.43. The average molecular weight is 558 g/mol. The van der Waals surface area contributed by atoms with E-state index in [1.807, 2.05) is 91.0 Å². The van der Waals surface area contributed by atoms with Crippen molar-refractivity contribution < 1.29 is 33.6 Å². The molecule has 8 heteroatoms. The fraction of sp³-hybridized carbons (Fsp3) is 0.333. The highest BCUT2D eigenvalue weighted by Crippen LogP contribution is 2.34. The van der Waals surface area contributed by atoms with E-state index in [0.717, 1.165) is 21.6 Å². The van der Waals surface area contributed by atoms with Crippen LogP contribution in [0, 0.1) is 0 Å². The van der Waals surface area contributed by atoms with Crippen molar-refractivity contribution in [2.45, 2.75) is 64.3 Å². The molecule has 1 saturated heterocycles. The van der Waals surface area contributed by atoms with Gasteiger partial charge in [-0.25, -0.2) is 0 Å². The summed E-state index contributed by atoms with van der Waals surface area (Å²) in [4.78, 5) is 27.8. The fourth-order valence-corrected chi connectivity index (χ4v) is 5.07. The molecular formula is C33H35NO7. The summed E-state index contributed by atoms with van der Waals surface area (Å²) in [5.41, 5.74) is 3.45. The standard InChI is InChI=1S/C33H35NO7/c1-22-23(2)32(37)34(31(22)36)28-30(39-19-25-14-8-4-9-15-25)29(35)27(21-38-18-24-12-6-3-7-13-24)41-33(28)40-20-26-16-10-5-11-17-26/h3-17,27-30,33,35H,18-21H2,1-2H3/t27-,28-,29-,30-,33-/m1/s1. The highest BCUT2D eigenvalue weighted by molar-refractivity contribution is 6.19. The first-order valence-electron chi connectivity index (χ1n) is 13.8. The minimum absolute atomic E-state index is 0.0529. The van der Waals surface area contributed by atoms with E-state index in [0.29, 0.717) is 17.8 Å². The van der Waals surface area contributed by atoms with Crippen LogP contribution in [-0.2, 0) is 48.4 Å². The van der Waals surface area contributed by atoms with Crippen LogP contribution < -0.4 is 0 Å². The molecular weight excluding hydrogens is 522 g/mol. The minimum Gasteiger partial charge on any atom is -0.388 e. The highest BCUT2D eigenvalue weighted by Gasteiger charge is 2.54. The van der Waals surface area contributed by atoms with Crippen molar-refractivity contribution in [2.75, 3.05) is 6.61 Å². The van der Waals surface area contributed by atoms with E-state index in [-0.39, 0.29) is 19.8 Å². The van der Waals surface area contributed by atoms with Gasteiger partial charge in [-0.1, -0.05) is 91.0 Å². The fourth-order valence-electron chi connectivity index (χ4n) is 5.07. The summed E-state index contributed by atoms with van der Waals surface area (Å²) in [6.45, 7) is 3.95. The maximum Gasteiger partial charge on any atom is 0.257 e. The lowest BCUT2D eigenvalue weighted by Crippen LogP contribution is -2.66. The van der Waals surface area contributed by atoms with Gasteiger partial charge in [0.25, 0.3) is 11.8 Å². The molecule has 0 aromatic heterocycles. The van der Waals surface area contributed by atoms with Gasteiger partial charge in [0.1, 0.15) is 24.4 Å². The Labute approximate surface area is 240 Å². The van der Waals surface area contributed by atoms with Crippen LogP contribution in [0.2, 0.25) is 0 Å². The molecule has 0 saturated carbocycles. The maximum absolute atomic E-state index is 13.4. The largest absolute Gasteiger partial charge is 0.388 e. The molecule has 0 bridgehead atoms. The number of nitrogens with zero attached hydrogens (tertiary/aromatic N) is 1. The smallest absolute Gasteiger partial charge is 0.257 e. The number of rotatable bonds is 11. The molecule has 214 valence electrons. The zero-order chi connectivity index (χ0) is 28.8. The van der Waals surface area contributed by atoms with Crippen LogP contribution in [-0.4, -0.2) is 59.1 Å². The van der Waals surface area contributed by atoms with E-state index in [4.69, 9.17) is 18.9 Å². The van der Waals surface area contributed by atoms with E-state index >= 15 is 0 Å². The lowest BCUT2D eigenvalue weighted by atomic mass is 9.95. The molecule has 0 unspecified atom stereocenters. The summed E-state index contributed by atoms with van der Waals surface area (Å²) >= 11 is 0. The van der Waals surface area contributed by atoms with Crippen molar-refractivity contribution >= 4 is 11.8 Å². The van der Waals surface area contributed by atoms with Gasteiger partial charge in [0, 0.05) is 11.1 Å². The van der Waals surface area contributed by atoms with E-state index in [9.17, 15) is 14.7 Å². The minimum atomic E-state index is -1.21. The Kier molecular flexibility index (Phi) is 9.38. The van der Waals surface area contributed by atoms with Crippen molar-refractivity contribution in [3.05, 3.63) is 119 Å². The molecule has 0 spiro atoms. The zero-order valence-electron chi connectivity index (χ0n) is 23.2. The van der Waals surface area contributed by atoms with Crippen molar-refractivity contribution in [3.8, 4) is 0 Å². The Morgan fingerprint density at radius 1 is 0.707 bits per heavy atom. The average Bonchev–Trinajstić information content (AvgIpc) is 3.19. The lowest BCUT2D eigenvalue weighted by molar-refractivity contribution is -0.295. The summed E-state index contributed by atoms with van der Waals surface area (Å²) in [5.74, 6) is -0.901. The summed E-state index contributed by atoms with van der Waals surface area (Å²) in [6.07, 6.45) is -4.12. The Morgan fingerprint density at radius 2 is 1.17 bits per heavy atom. The monoisotopic (exact) mass is 557 g/mol. The summed E-state index contributed by atoms with van der Waals surface area (Å²) < 4.78 is 24.8. The molecule has 2 heterocycles. The number of imide groups is 1. The quantitative estimate of drug-likeness (QED) is 0.354.